The fourth-order valence-electron chi connectivity index (χ4n) is 3.40. The van der Waals surface area contributed by atoms with E-state index in [-0.39, 0.29) is 22.7 Å². The van der Waals surface area contributed by atoms with Crippen LogP contribution in [0.25, 0.3) is 10.2 Å². The zero-order valence-corrected chi connectivity index (χ0v) is 20.4. The lowest BCUT2D eigenvalue weighted by Gasteiger charge is -2.25. The first-order valence-corrected chi connectivity index (χ1v) is 11.5. The molecular weight excluding hydrogens is 468 g/mol. The maximum Gasteiger partial charge on any atom is 0.286 e. The number of hydrogen-bond donors (Lipinski definition) is 0. The molecule has 0 radical (unpaired) electrons. The number of fused-ring (bicyclic) bond motifs is 1. The minimum Gasteiger partial charge on any atom is -0.493 e. The molecule has 0 aliphatic carbocycles. The Bertz CT molecular complexity index is 1170. The Balaban J connectivity index is 2.11. The Labute approximate surface area is 200 Å². The largest absolute Gasteiger partial charge is 0.493 e. The number of amides is 1. The van der Waals surface area contributed by atoms with Crippen molar-refractivity contribution in [1.29, 1.82) is 0 Å². The number of carbonyl (C=O) groups is 1. The van der Waals surface area contributed by atoms with Crippen LogP contribution in [0.3, 0.4) is 0 Å². The lowest BCUT2D eigenvalue weighted by Crippen LogP contribution is -2.39. The number of carbonyl (C=O) groups excluding carboxylic acids is 1. The van der Waals surface area contributed by atoms with Crippen LogP contribution < -0.4 is 14.4 Å². The van der Waals surface area contributed by atoms with Gasteiger partial charge in [0, 0.05) is 24.2 Å². The minimum atomic E-state index is -0.601. The van der Waals surface area contributed by atoms with Crippen LogP contribution in [-0.4, -0.2) is 61.1 Å². The summed E-state index contributed by atoms with van der Waals surface area (Å²) in [5, 5.41) is 12.8. The van der Waals surface area contributed by atoms with Crippen LogP contribution in [-0.2, 0) is 0 Å². The molecule has 11 heteroatoms. The molecule has 9 nitrogen and oxygen atoms in total. The van der Waals surface area contributed by atoms with Gasteiger partial charge in [-0.15, -0.1) is 0 Å². The summed E-state index contributed by atoms with van der Waals surface area (Å²) in [5.41, 5.74) is 0.228. The molecule has 2 aromatic carbocycles. The maximum absolute atomic E-state index is 13.7. The zero-order valence-electron chi connectivity index (χ0n) is 18.8. The van der Waals surface area contributed by atoms with Gasteiger partial charge in [0.25, 0.3) is 11.6 Å². The van der Waals surface area contributed by atoms with E-state index in [1.54, 1.807) is 18.2 Å². The predicted octanol–water partition coefficient (Wildman–Crippen LogP) is 4.86. The van der Waals surface area contributed by atoms with Gasteiger partial charge in [-0.2, -0.15) is 0 Å². The van der Waals surface area contributed by atoms with E-state index in [1.165, 1.54) is 42.6 Å². The summed E-state index contributed by atoms with van der Waals surface area (Å²) in [6, 6.07) is 7.84. The molecule has 33 heavy (non-hydrogen) atoms. The van der Waals surface area contributed by atoms with Crippen molar-refractivity contribution in [3.8, 4) is 11.5 Å². The highest BCUT2D eigenvalue weighted by Crippen LogP contribution is 2.37. The number of thiazole rings is 1. The minimum absolute atomic E-state index is 0.102. The number of likely N-dealkylation sites (N-methyl/N-ethyl adjacent to an activating group) is 1. The molecule has 176 valence electrons. The maximum atomic E-state index is 13.7. The third-order valence-electron chi connectivity index (χ3n) is 5.28. The number of nitrogens with zero attached hydrogens (tertiary/aromatic N) is 4. The highest BCUT2D eigenvalue weighted by Gasteiger charge is 2.30. The van der Waals surface area contributed by atoms with Gasteiger partial charge >= 0.3 is 0 Å². The van der Waals surface area contributed by atoms with Gasteiger partial charge in [0.1, 0.15) is 5.56 Å². The second kappa shape index (κ2) is 10.8. The molecule has 0 bridgehead atoms. The predicted molar refractivity (Wildman–Crippen MR) is 130 cm³/mol. The van der Waals surface area contributed by atoms with E-state index < -0.39 is 10.8 Å². The standard InChI is InChI=1S/C22H25ClN4O5S/c1-5-25(6-2)9-10-26(22-24-16-8-7-14(23)11-20(16)33-22)21(28)15-12-18(31-3)19(32-4)13-17(15)27(29)30/h7-8,11-13H,5-6,9-10H2,1-4H3. The normalized spacial score (nSPS) is 11.1. The van der Waals surface area contributed by atoms with Gasteiger partial charge in [-0.3, -0.25) is 19.8 Å². The van der Waals surface area contributed by atoms with Crippen molar-refractivity contribution in [3.05, 3.63) is 51.0 Å². The Kier molecular flexibility index (Phi) is 8.06. The summed E-state index contributed by atoms with van der Waals surface area (Å²) >= 11 is 7.42. The van der Waals surface area contributed by atoms with E-state index in [9.17, 15) is 14.9 Å². The molecule has 1 aromatic heterocycles. The van der Waals surface area contributed by atoms with E-state index in [1.807, 2.05) is 13.8 Å². The monoisotopic (exact) mass is 492 g/mol. The Morgan fingerprint density at radius 2 is 1.79 bits per heavy atom. The number of benzene rings is 2. The third-order valence-corrected chi connectivity index (χ3v) is 6.55. The van der Waals surface area contributed by atoms with E-state index >= 15 is 0 Å². The number of ether oxygens (including phenoxy) is 2. The van der Waals surface area contributed by atoms with Crippen molar-refractivity contribution in [1.82, 2.24) is 9.88 Å². The van der Waals surface area contributed by atoms with Crippen LogP contribution in [0.15, 0.2) is 30.3 Å². The molecule has 0 aliphatic heterocycles. The molecule has 1 amide bonds. The second-order valence-corrected chi connectivity index (χ2v) is 8.52. The fourth-order valence-corrected chi connectivity index (χ4v) is 4.67. The highest BCUT2D eigenvalue weighted by atomic mass is 35.5. The summed E-state index contributed by atoms with van der Waals surface area (Å²) in [7, 11) is 2.79. The van der Waals surface area contributed by atoms with Gasteiger partial charge < -0.3 is 14.4 Å². The quantitative estimate of drug-likeness (QED) is 0.294. The number of aromatic nitrogens is 1. The first-order valence-electron chi connectivity index (χ1n) is 10.3. The van der Waals surface area contributed by atoms with Crippen molar-refractivity contribution in [2.45, 2.75) is 13.8 Å². The van der Waals surface area contributed by atoms with Crippen molar-refractivity contribution in [2.24, 2.45) is 0 Å². The van der Waals surface area contributed by atoms with E-state index in [2.05, 4.69) is 9.88 Å². The molecule has 1 heterocycles. The van der Waals surface area contributed by atoms with Crippen LogP contribution in [0.1, 0.15) is 24.2 Å². The van der Waals surface area contributed by atoms with Gasteiger partial charge in [0.15, 0.2) is 16.6 Å². The van der Waals surface area contributed by atoms with Crippen molar-refractivity contribution < 1.29 is 19.2 Å². The summed E-state index contributed by atoms with van der Waals surface area (Å²) in [6.45, 7) is 6.58. The average Bonchev–Trinajstić information content (AvgIpc) is 3.23. The molecular formula is C22H25ClN4O5S. The molecule has 0 fully saturated rings. The lowest BCUT2D eigenvalue weighted by molar-refractivity contribution is -0.385. The van der Waals surface area contributed by atoms with Crippen LogP contribution in [0.4, 0.5) is 10.8 Å². The Morgan fingerprint density at radius 3 is 2.39 bits per heavy atom. The number of halogens is 1. The molecule has 0 saturated heterocycles. The molecule has 0 atom stereocenters. The van der Waals surface area contributed by atoms with Crippen LogP contribution in [0, 0.1) is 10.1 Å². The number of rotatable bonds is 10. The smallest absolute Gasteiger partial charge is 0.286 e. The molecule has 0 saturated carbocycles. The van der Waals surface area contributed by atoms with Gasteiger partial charge in [-0.05, 0) is 31.3 Å². The van der Waals surface area contributed by atoms with Crippen LogP contribution in [0.2, 0.25) is 5.02 Å². The number of methoxy groups -OCH3 is 2. The SMILES string of the molecule is CCN(CC)CCN(C(=O)c1cc(OC)c(OC)cc1[N+](=O)[O-])c1nc2ccc(Cl)cc2s1. The highest BCUT2D eigenvalue weighted by molar-refractivity contribution is 7.22. The topological polar surface area (TPSA) is 98.0 Å². The number of anilines is 1. The molecule has 0 aliphatic rings. The molecule has 0 N–H and O–H groups in total. The Morgan fingerprint density at radius 1 is 1.12 bits per heavy atom. The van der Waals surface area contributed by atoms with Gasteiger partial charge in [-0.25, -0.2) is 4.98 Å². The van der Waals surface area contributed by atoms with E-state index in [4.69, 9.17) is 21.1 Å². The second-order valence-electron chi connectivity index (χ2n) is 7.07. The summed E-state index contributed by atoms with van der Waals surface area (Å²) in [5.74, 6) is -0.142. The van der Waals surface area contributed by atoms with Gasteiger partial charge in [-0.1, -0.05) is 36.8 Å². The first-order chi connectivity index (χ1) is 15.8. The van der Waals surface area contributed by atoms with Crippen LogP contribution in [0.5, 0.6) is 11.5 Å². The number of hydrogen-bond acceptors (Lipinski definition) is 8. The Hall–Kier alpha value is -2.95. The summed E-state index contributed by atoms with van der Waals surface area (Å²) in [6.07, 6.45) is 0. The summed E-state index contributed by atoms with van der Waals surface area (Å²) in [4.78, 5) is 33.1. The van der Waals surface area contributed by atoms with Crippen LogP contribution >= 0.6 is 22.9 Å². The van der Waals surface area contributed by atoms with Gasteiger partial charge in [0.2, 0.25) is 0 Å². The van der Waals surface area contributed by atoms with Crippen molar-refractivity contribution in [2.75, 3.05) is 45.3 Å². The lowest BCUT2D eigenvalue weighted by atomic mass is 10.1. The number of nitro groups is 1. The summed E-state index contributed by atoms with van der Waals surface area (Å²) < 4.78 is 11.3. The average molecular weight is 493 g/mol. The molecule has 0 unspecified atom stereocenters. The van der Waals surface area contributed by atoms with Crippen molar-refractivity contribution in [3.63, 3.8) is 0 Å². The van der Waals surface area contributed by atoms with Gasteiger partial charge in [0.05, 0.1) is 35.4 Å². The molecule has 3 aromatic rings. The number of nitro benzene ring substituents is 1. The first kappa shape index (κ1) is 24.7. The third kappa shape index (κ3) is 5.35. The molecule has 3 rings (SSSR count). The van der Waals surface area contributed by atoms with E-state index in [0.29, 0.717) is 28.8 Å². The fraction of sp³-hybridized carbons (Fsp3) is 0.364. The van der Waals surface area contributed by atoms with E-state index in [0.717, 1.165) is 17.8 Å². The zero-order chi connectivity index (χ0) is 24.1. The van der Waals surface area contributed by atoms with Crippen molar-refractivity contribution >= 4 is 49.9 Å². The molecule has 0 spiro atoms.